The van der Waals surface area contributed by atoms with E-state index in [2.05, 4.69) is 0 Å². The Balaban J connectivity index is 1.69. The monoisotopic (exact) mass is 500 g/mol. The number of nitrogens with one attached hydrogen (secondary N) is 1. The highest BCUT2D eigenvalue weighted by Gasteiger charge is 2.44. The van der Waals surface area contributed by atoms with Crippen molar-refractivity contribution in [1.29, 1.82) is 0 Å². The molecule has 1 unspecified atom stereocenters. The minimum Gasteiger partial charge on any atom is -0.872 e. The van der Waals surface area contributed by atoms with Crippen LogP contribution in [0.4, 0.5) is 0 Å². The highest BCUT2D eigenvalue weighted by molar-refractivity contribution is 6.46. The predicted molar refractivity (Wildman–Crippen MR) is 128 cm³/mol. The molecule has 0 aromatic heterocycles. The van der Waals surface area contributed by atoms with Crippen LogP contribution in [0.15, 0.2) is 48.0 Å². The van der Waals surface area contributed by atoms with Crippen LogP contribution in [-0.4, -0.2) is 70.2 Å². The number of amides is 1. The van der Waals surface area contributed by atoms with Crippen LogP contribution in [0.25, 0.3) is 5.76 Å². The number of ketones is 1. The van der Waals surface area contributed by atoms with Crippen molar-refractivity contribution in [3.05, 3.63) is 64.2 Å². The van der Waals surface area contributed by atoms with Gasteiger partial charge in [-0.2, -0.15) is 0 Å². The average Bonchev–Trinajstić information content (AvgIpc) is 3.14. The molecule has 4 rings (SSSR count). The van der Waals surface area contributed by atoms with E-state index in [1.165, 1.54) is 30.1 Å². The Morgan fingerprint density at radius 3 is 2.43 bits per heavy atom. The van der Waals surface area contributed by atoms with Gasteiger partial charge < -0.3 is 29.1 Å². The first-order chi connectivity index (χ1) is 16.9. The van der Waals surface area contributed by atoms with Crippen molar-refractivity contribution in [2.24, 2.45) is 0 Å². The Kier molecular flexibility index (Phi) is 7.95. The van der Waals surface area contributed by atoms with Crippen molar-refractivity contribution >= 4 is 29.1 Å². The molecule has 0 saturated carbocycles. The number of benzene rings is 2. The largest absolute Gasteiger partial charge is 0.872 e. The molecular weight excluding hydrogens is 472 g/mol. The van der Waals surface area contributed by atoms with Gasteiger partial charge in [0.15, 0.2) is 11.5 Å². The zero-order valence-corrected chi connectivity index (χ0v) is 20.6. The number of ether oxygens (including phenoxy) is 3. The molecule has 35 heavy (non-hydrogen) atoms. The zero-order valence-electron chi connectivity index (χ0n) is 19.8. The Labute approximate surface area is 209 Å². The summed E-state index contributed by atoms with van der Waals surface area (Å²) in [5, 5.41) is 14.1. The fraction of sp³-hybridized carbons (Fsp3) is 0.385. The third kappa shape index (κ3) is 5.29. The number of hydrogen-bond acceptors (Lipinski definition) is 6. The van der Waals surface area contributed by atoms with Gasteiger partial charge in [-0.25, -0.2) is 0 Å². The first-order valence-corrected chi connectivity index (χ1v) is 12.0. The van der Waals surface area contributed by atoms with Crippen LogP contribution in [0.1, 0.15) is 23.6 Å². The molecule has 0 spiro atoms. The van der Waals surface area contributed by atoms with E-state index in [4.69, 9.17) is 25.8 Å². The van der Waals surface area contributed by atoms with Crippen molar-refractivity contribution in [2.75, 3.05) is 53.6 Å². The standard InChI is InChI=1S/C26H29ClN2O6/c1-33-20-9-6-18(16-21(20)34-2)24(30)22-23(17-4-7-19(27)8-5-17)29(26(32)25(22)31)11-3-10-28-12-14-35-15-13-28/h4-9,16,23,30H,3,10-15H2,1-2H3/b24-22+. The summed E-state index contributed by atoms with van der Waals surface area (Å²) in [7, 11) is 2.97. The Bertz CT molecular complexity index is 1110. The van der Waals surface area contributed by atoms with Crippen molar-refractivity contribution in [3.63, 3.8) is 0 Å². The molecule has 2 saturated heterocycles. The molecule has 0 bridgehead atoms. The number of likely N-dealkylation sites (tertiary alicyclic amines) is 1. The van der Waals surface area contributed by atoms with Crippen molar-refractivity contribution in [1.82, 2.24) is 4.90 Å². The topological polar surface area (TPSA) is 92.6 Å². The summed E-state index contributed by atoms with van der Waals surface area (Å²) in [6.45, 7) is 4.51. The van der Waals surface area contributed by atoms with Gasteiger partial charge >= 0.3 is 0 Å². The first-order valence-electron chi connectivity index (χ1n) is 11.6. The maximum absolute atomic E-state index is 13.6. The van der Waals surface area contributed by atoms with Crippen LogP contribution in [-0.2, 0) is 14.3 Å². The van der Waals surface area contributed by atoms with Gasteiger partial charge in [0.05, 0.1) is 40.0 Å². The van der Waals surface area contributed by atoms with E-state index < -0.39 is 23.5 Å². The van der Waals surface area contributed by atoms with E-state index in [1.807, 2.05) is 0 Å². The number of carbonyl (C=O) groups excluding carboxylic acids is 2. The molecule has 9 heteroatoms. The second-order valence-corrected chi connectivity index (χ2v) is 9.00. The summed E-state index contributed by atoms with van der Waals surface area (Å²) in [6.07, 6.45) is 0.705. The second kappa shape index (κ2) is 11.1. The van der Waals surface area contributed by atoms with Crippen LogP contribution in [0.2, 0.25) is 5.02 Å². The summed E-state index contributed by atoms with van der Waals surface area (Å²) in [5.41, 5.74) is 0.844. The van der Waals surface area contributed by atoms with Gasteiger partial charge in [0.2, 0.25) is 5.78 Å². The lowest BCUT2D eigenvalue weighted by Crippen LogP contribution is -3.14. The summed E-state index contributed by atoms with van der Waals surface area (Å²) in [6, 6.07) is 10.8. The number of carbonyl (C=O) groups is 2. The van der Waals surface area contributed by atoms with Crippen LogP contribution >= 0.6 is 11.6 Å². The predicted octanol–water partition coefficient (Wildman–Crippen LogP) is 0.886. The van der Waals surface area contributed by atoms with Crippen molar-refractivity contribution in [2.45, 2.75) is 12.5 Å². The van der Waals surface area contributed by atoms with E-state index >= 15 is 0 Å². The zero-order chi connectivity index (χ0) is 24.9. The molecule has 2 heterocycles. The van der Waals surface area contributed by atoms with Crippen molar-refractivity contribution < 1.29 is 33.8 Å². The lowest BCUT2D eigenvalue weighted by atomic mass is 9.95. The molecular formula is C26H29ClN2O6. The normalized spacial score (nSPS) is 20.3. The molecule has 2 aromatic rings. The fourth-order valence-corrected chi connectivity index (χ4v) is 4.76. The number of halogens is 1. The Hall–Kier alpha value is -3.07. The number of hydrogen-bond donors (Lipinski definition) is 1. The molecule has 2 aromatic carbocycles. The Morgan fingerprint density at radius 2 is 1.77 bits per heavy atom. The van der Waals surface area contributed by atoms with E-state index in [-0.39, 0.29) is 11.1 Å². The van der Waals surface area contributed by atoms with E-state index in [0.29, 0.717) is 35.1 Å². The maximum Gasteiger partial charge on any atom is 0.295 e. The van der Waals surface area contributed by atoms with Crippen LogP contribution in [0, 0.1) is 0 Å². The van der Waals surface area contributed by atoms with Crippen LogP contribution in [0.5, 0.6) is 11.5 Å². The molecule has 2 fully saturated rings. The maximum atomic E-state index is 13.6. The molecule has 1 atom stereocenters. The molecule has 2 aliphatic heterocycles. The van der Waals surface area contributed by atoms with Gasteiger partial charge in [-0.15, -0.1) is 0 Å². The number of quaternary nitrogens is 1. The van der Waals surface area contributed by atoms with Gasteiger partial charge in [0.1, 0.15) is 13.1 Å². The minimum absolute atomic E-state index is 0.0664. The third-order valence-corrected chi connectivity index (χ3v) is 6.74. The fourth-order valence-electron chi connectivity index (χ4n) is 4.63. The Morgan fingerprint density at radius 1 is 1.09 bits per heavy atom. The smallest absolute Gasteiger partial charge is 0.295 e. The number of Topliss-reactive ketones (excluding diaryl/α,β-unsaturated/α-hetero) is 1. The van der Waals surface area contributed by atoms with Crippen LogP contribution in [0.3, 0.4) is 0 Å². The highest BCUT2D eigenvalue weighted by atomic mass is 35.5. The number of morpholine rings is 1. The molecule has 0 radical (unpaired) electrons. The van der Waals surface area contributed by atoms with Gasteiger partial charge in [0.25, 0.3) is 5.91 Å². The molecule has 2 aliphatic rings. The summed E-state index contributed by atoms with van der Waals surface area (Å²) >= 11 is 6.08. The van der Waals surface area contributed by atoms with Crippen LogP contribution < -0.4 is 19.5 Å². The first kappa shape index (κ1) is 25.0. The molecule has 0 aliphatic carbocycles. The molecule has 8 nitrogen and oxygen atoms in total. The number of rotatable bonds is 8. The van der Waals surface area contributed by atoms with Gasteiger partial charge in [-0.3, -0.25) is 9.59 Å². The summed E-state index contributed by atoms with van der Waals surface area (Å²) < 4.78 is 16.0. The lowest BCUT2D eigenvalue weighted by molar-refractivity contribution is -0.908. The third-order valence-electron chi connectivity index (χ3n) is 6.49. The SMILES string of the molecule is COc1ccc(/C([O-])=C2\C(=O)C(=O)N(CCC[NH+]3CCOCC3)C2c2ccc(Cl)cc2)cc1OC. The van der Waals surface area contributed by atoms with Gasteiger partial charge in [0, 0.05) is 23.6 Å². The number of nitrogens with zero attached hydrogens (tertiary/aromatic N) is 1. The van der Waals surface area contributed by atoms with Gasteiger partial charge in [-0.05, 0) is 35.4 Å². The molecule has 1 amide bonds. The van der Waals surface area contributed by atoms with Crippen molar-refractivity contribution in [3.8, 4) is 11.5 Å². The number of methoxy groups -OCH3 is 2. The highest BCUT2D eigenvalue weighted by Crippen LogP contribution is 2.40. The van der Waals surface area contributed by atoms with E-state index in [1.54, 1.807) is 36.4 Å². The summed E-state index contributed by atoms with van der Waals surface area (Å²) in [5.74, 6) is -1.12. The minimum atomic E-state index is -0.785. The summed E-state index contributed by atoms with van der Waals surface area (Å²) in [4.78, 5) is 29.2. The second-order valence-electron chi connectivity index (χ2n) is 8.56. The van der Waals surface area contributed by atoms with E-state index in [9.17, 15) is 14.7 Å². The lowest BCUT2D eigenvalue weighted by Gasteiger charge is -2.29. The molecule has 1 N–H and O–H groups in total. The average molecular weight is 501 g/mol. The quantitative estimate of drug-likeness (QED) is 0.329. The molecule has 186 valence electrons. The van der Waals surface area contributed by atoms with Gasteiger partial charge in [-0.1, -0.05) is 35.6 Å². The van der Waals surface area contributed by atoms with E-state index in [0.717, 1.165) is 32.8 Å².